The smallest absolute Gasteiger partial charge is 0.179 e. The number of nitrogens with two attached hydrogens (primary N) is 1. The maximum absolute atomic E-state index is 13.5. The molecule has 0 aliphatic rings. The van der Waals surface area contributed by atoms with Gasteiger partial charge in [0.1, 0.15) is 23.0 Å². The van der Waals surface area contributed by atoms with Gasteiger partial charge in [0, 0.05) is 6.07 Å². The van der Waals surface area contributed by atoms with E-state index in [4.69, 9.17) is 5.73 Å². The van der Waals surface area contributed by atoms with E-state index in [9.17, 15) is 8.78 Å². The molecule has 0 bridgehead atoms. The average Bonchev–Trinajstić information content (AvgIpc) is 2.77. The second-order valence-electron chi connectivity index (χ2n) is 3.95. The second kappa shape index (κ2) is 4.20. The minimum atomic E-state index is -0.582. The first-order valence-corrected chi connectivity index (χ1v) is 5.46. The molecule has 96 valence electrons. The van der Waals surface area contributed by atoms with Gasteiger partial charge in [-0.1, -0.05) is 0 Å². The van der Waals surface area contributed by atoms with Crippen LogP contribution in [-0.2, 0) is 0 Å². The number of halogens is 2. The molecule has 0 saturated heterocycles. The Morgan fingerprint density at radius 2 is 2.00 bits per heavy atom. The molecule has 0 amide bonds. The molecule has 2 aromatic heterocycles. The van der Waals surface area contributed by atoms with Gasteiger partial charge in [-0.15, -0.1) is 0 Å². The van der Waals surface area contributed by atoms with E-state index in [0.717, 1.165) is 18.2 Å². The molecule has 0 atom stereocenters. The SMILES string of the molecule is Nc1ccc2[nH]nc(Nc3cc(F)ccc3F)c2n1. The number of rotatable bonds is 2. The molecular weight excluding hydrogens is 252 g/mol. The van der Waals surface area contributed by atoms with Gasteiger partial charge in [-0.3, -0.25) is 5.10 Å². The Balaban J connectivity index is 2.05. The van der Waals surface area contributed by atoms with E-state index in [1.54, 1.807) is 12.1 Å². The quantitative estimate of drug-likeness (QED) is 0.662. The topological polar surface area (TPSA) is 79.6 Å². The summed E-state index contributed by atoms with van der Waals surface area (Å²) >= 11 is 0. The lowest BCUT2D eigenvalue weighted by molar-refractivity contribution is 0.603. The Bertz CT molecular complexity index is 753. The first-order valence-electron chi connectivity index (χ1n) is 5.46. The van der Waals surface area contributed by atoms with Gasteiger partial charge in [0.25, 0.3) is 0 Å². The number of fused-ring (bicyclic) bond motifs is 1. The number of hydrogen-bond donors (Lipinski definition) is 3. The highest BCUT2D eigenvalue weighted by Crippen LogP contribution is 2.25. The molecule has 4 N–H and O–H groups in total. The van der Waals surface area contributed by atoms with Crippen molar-refractivity contribution in [3.63, 3.8) is 0 Å². The van der Waals surface area contributed by atoms with Crippen molar-refractivity contribution in [2.45, 2.75) is 0 Å². The van der Waals surface area contributed by atoms with Crippen molar-refractivity contribution in [3.8, 4) is 0 Å². The van der Waals surface area contributed by atoms with Crippen molar-refractivity contribution >= 4 is 28.4 Å². The summed E-state index contributed by atoms with van der Waals surface area (Å²) in [6.07, 6.45) is 0. The van der Waals surface area contributed by atoms with Crippen LogP contribution in [0.4, 0.5) is 26.1 Å². The van der Waals surface area contributed by atoms with Crippen LogP contribution in [0.3, 0.4) is 0 Å². The van der Waals surface area contributed by atoms with E-state index in [2.05, 4.69) is 20.5 Å². The Labute approximate surface area is 106 Å². The van der Waals surface area contributed by atoms with E-state index in [-0.39, 0.29) is 11.5 Å². The summed E-state index contributed by atoms with van der Waals surface area (Å²) in [4.78, 5) is 4.09. The zero-order valence-electron chi connectivity index (χ0n) is 9.61. The van der Waals surface area contributed by atoms with E-state index in [1.165, 1.54) is 0 Å². The van der Waals surface area contributed by atoms with Gasteiger partial charge in [-0.25, -0.2) is 13.8 Å². The maximum Gasteiger partial charge on any atom is 0.179 e. The van der Waals surface area contributed by atoms with Gasteiger partial charge in [-0.05, 0) is 24.3 Å². The molecule has 0 aliphatic carbocycles. The average molecular weight is 261 g/mol. The summed E-state index contributed by atoms with van der Waals surface area (Å²) in [5.41, 5.74) is 6.68. The normalized spacial score (nSPS) is 10.8. The van der Waals surface area contributed by atoms with Crippen molar-refractivity contribution in [1.29, 1.82) is 0 Å². The van der Waals surface area contributed by atoms with E-state index < -0.39 is 11.6 Å². The molecule has 0 spiro atoms. The minimum Gasteiger partial charge on any atom is -0.384 e. The van der Waals surface area contributed by atoms with Crippen LogP contribution in [-0.4, -0.2) is 15.2 Å². The Hall–Kier alpha value is -2.70. The fourth-order valence-corrected chi connectivity index (χ4v) is 1.72. The number of nitrogens with one attached hydrogen (secondary N) is 2. The first-order chi connectivity index (χ1) is 9.13. The number of H-pyrrole nitrogens is 1. The highest BCUT2D eigenvalue weighted by Gasteiger charge is 2.10. The number of nitrogens with zero attached hydrogens (tertiary/aromatic N) is 2. The predicted octanol–water partition coefficient (Wildman–Crippen LogP) is 2.56. The van der Waals surface area contributed by atoms with Crippen LogP contribution >= 0.6 is 0 Å². The van der Waals surface area contributed by atoms with Crippen molar-refractivity contribution in [3.05, 3.63) is 42.0 Å². The lowest BCUT2D eigenvalue weighted by atomic mass is 10.3. The fourth-order valence-electron chi connectivity index (χ4n) is 1.72. The Kier molecular flexibility index (Phi) is 2.52. The summed E-state index contributed by atoms with van der Waals surface area (Å²) in [7, 11) is 0. The number of pyridine rings is 1. The Morgan fingerprint density at radius 3 is 2.84 bits per heavy atom. The number of aromatic nitrogens is 3. The van der Waals surface area contributed by atoms with Gasteiger partial charge in [-0.2, -0.15) is 5.10 Å². The Morgan fingerprint density at radius 1 is 1.16 bits per heavy atom. The van der Waals surface area contributed by atoms with E-state index in [0.29, 0.717) is 16.9 Å². The largest absolute Gasteiger partial charge is 0.384 e. The summed E-state index contributed by atoms with van der Waals surface area (Å²) < 4.78 is 26.6. The monoisotopic (exact) mass is 261 g/mol. The van der Waals surface area contributed by atoms with Crippen LogP contribution in [0.15, 0.2) is 30.3 Å². The number of aromatic amines is 1. The van der Waals surface area contributed by atoms with Crippen molar-refractivity contribution in [2.24, 2.45) is 0 Å². The molecular formula is C12H9F2N5. The number of benzene rings is 1. The van der Waals surface area contributed by atoms with Crippen LogP contribution in [0, 0.1) is 11.6 Å². The molecule has 0 unspecified atom stereocenters. The lowest BCUT2D eigenvalue weighted by Gasteiger charge is -2.04. The summed E-state index contributed by atoms with van der Waals surface area (Å²) in [5.74, 6) is -0.527. The van der Waals surface area contributed by atoms with Crippen LogP contribution < -0.4 is 11.1 Å². The summed E-state index contributed by atoms with van der Waals surface area (Å²) in [5, 5.41) is 9.37. The minimum absolute atomic E-state index is 0.0161. The van der Waals surface area contributed by atoms with Crippen molar-refractivity contribution < 1.29 is 8.78 Å². The second-order valence-corrected chi connectivity index (χ2v) is 3.95. The zero-order chi connectivity index (χ0) is 13.4. The molecule has 19 heavy (non-hydrogen) atoms. The number of hydrogen-bond acceptors (Lipinski definition) is 4. The molecule has 3 aromatic rings. The molecule has 0 fully saturated rings. The zero-order valence-corrected chi connectivity index (χ0v) is 9.61. The highest BCUT2D eigenvalue weighted by molar-refractivity contribution is 5.88. The molecule has 0 aliphatic heterocycles. The number of anilines is 3. The molecule has 3 rings (SSSR count). The van der Waals surface area contributed by atoms with Gasteiger partial charge in [0.2, 0.25) is 0 Å². The molecule has 2 heterocycles. The van der Waals surface area contributed by atoms with Gasteiger partial charge < -0.3 is 11.1 Å². The molecule has 7 heteroatoms. The summed E-state index contributed by atoms with van der Waals surface area (Å²) in [6.45, 7) is 0. The third kappa shape index (κ3) is 2.05. The molecule has 1 aromatic carbocycles. The summed E-state index contributed by atoms with van der Waals surface area (Å²) in [6, 6.07) is 6.45. The fraction of sp³-hybridized carbons (Fsp3) is 0. The maximum atomic E-state index is 13.5. The predicted molar refractivity (Wildman–Crippen MR) is 67.9 cm³/mol. The van der Waals surface area contributed by atoms with E-state index >= 15 is 0 Å². The number of nitrogen functional groups attached to an aromatic ring is 1. The molecule has 0 saturated carbocycles. The third-order valence-electron chi connectivity index (χ3n) is 2.61. The lowest BCUT2D eigenvalue weighted by Crippen LogP contribution is -1.97. The molecule has 0 radical (unpaired) electrons. The van der Waals surface area contributed by atoms with Crippen molar-refractivity contribution in [2.75, 3.05) is 11.1 Å². The molecule has 5 nitrogen and oxygen atoms in total. The standard InChI is InChI=1S/C12H9F2N5/c13-6-1-2-7(14)9(5-6)16-12-11-8(18-19-12)3-4-10(15)17-11/h1-5H,(H2,15,17)(H2,16,18,19). The van der Waals surface area contributed by atoms with Gasteiger partial charge in [0.15, 0.2) is 5.82 Å². The highest BCUT2D eigenvalue weighted by atomic mass is 19.1. The van der Waals surface area contributed by atoms with Crippen molar-refractivity contribution in [1.82, 2.24) is 15.2 Å². The van der Waals surface area contributed by atoms with Gasteiger partial charge >= 0.3 is 0 Å². The van der Waals surface area contributed by atoms with Crippen LogP contribution in [0.5, 0.6) is 0 Å². The van der Waals surface area contributed by atoms with Gasteiger partial charge in [0.05, 0.1) is 11.2 Å². The van der Waals surface area contributed by atoms with Crippen LogP contribution in [0.2, 0.25) is 0 Å². The van der Waals surface area contributed by atoms with Crippen LogP contribution in [0.1, 0.15) is 0 Å². The first kappa shape index (κ1) is 11.4. The third-order valence-corrected chi connectivity index (χ3v) is 2.61. The van der Waals surface area contributed by atoms with E-state index in [1.807, 2.05) is 0 Å². The van der Waals surface area contributed by atoms with Crippen LogP contribution in [0.25, 0.3) is 11.0 Å².